The van der Waals surface area contributed by atoms with E-state index in [0.717, 1.165) is 23.4 Å². The number of rotatable bonds is 5. The number of aryl methyl sites for hydroxylation is 1. The van der Waals surface area contributed by atoms with Crippen LogP contribution in [0.3, 0.4) is 0 Å². The molecule has 0 amide bonds. The van der Waals surface area contributed by atoms with Gasteiger partial charge in [0.05, 0.1) is 0 Å². The molecule has 0 bridgehead atoms. The van der Waals surface area contributed by atoms with Crippen LogP contribution < -0.4 is 11.3 Å². The molecule has 0 unspecified atom stereocenters. The molecule has 0 aliphatic carbocycles. The standard InChI is InChI=1S/C14H18N4S/c1-3-11-9-13(18-15)17-14(16-11)10-5-7-12(8-6-10)19-4-2/h5-9H,3-4,15H2,1-2H3,(H,16,17,18). The third-order valence-electron chi connectivity index (χ3n) is 2.71. The van der Waals surface area contributed by atoms with Gasteiger partial charge in [0.25, 0.3) is 0 Å². The summed E-state index contributed by atoms with van der Waals surface area (Å²) in [6.45, 7) is 4.21. The monoisotopic (exact) mass is 274 g/mol. The van der Waals surface area contributed by atoms with Crippen molar-refractivity contribution in [2.75, 3.05) is 11.2 Å². The van der Waals surface area contributed by atoms with Crippen LogP contribution in [-0.2, 0) is 6.42 Å². The van der Waals surface area contributed by atoms with Crippen molar-refractivity contribution in [2.24, 2.45) is 5.84 Å². The number of nitrogens with two attached hydrogens (primary N) is 1. The fourth-order valence-corrected chi connectivity index (χ4v) is 2.41. The minimum Gasteiger partial charge on any atom is -0.308 e. The molecule has 19 heavy (non-hydrogen) atoms. The minimum absolute atomic E-state index is 0.647. The number of hydrazine groups is 1. The van der Waals surface area contributed by atoms with Crippen LogP contribution in [0.1, 0.15) is 19.5 Å². The molecule has 3 N–H and O–H groups in total. The Morgan fingerprint density at radius 2 is 1.89 bits per heavy atom. The Hall–Kier alpha value is -1.59. The van der Waals surface area contributed by atoms with Gasteiger partial charge in [-0.2, -0.15) is 0 Å². The Balaban J connectivity index is 2.34. The van der Waals surface area contributed by atoms with Gasteiger partial charge in [0.2, 0.25) is 0 Å². The van der Waals surface area contributed by atoms with Gasteiger partial charge in [-0.15, -0.1) is 11.8 Å². The SMILES string of the molecule is CCSc1ccc(-c2nc(CC)cc(NN)n2)cc1. The maximum atomic E-state index is 5.44. The zero-order valence-corrected chi connectivity index (χ0v) is 12.0. The predicted molar refractivity (Wildman–Crippen MR) is 81.1 cm³/mol. The van der Waals surface area contributed by atoms with E-state index in [4.69, 9.17) is 5.84 Å². The maximum absolute atomic E-state index is 5.44. The Bertz CT molecular complexity index is 517. The molecule has 0 radical (unpaired) electrons. The number of hydrogen-bond donors (Lipinski definition) is 2. The highest BCUT2D eigenvalue weighted by Gasteiger charge is 2.05. The van der Waals surface area contributed by atoms with E-state index in [9.17, 15) is 0 Å². The number of anilines is 1. The van der Waals surface area contributed by atoms with Crippen molar-refractivity contribution in [1.29, 1.82) is 0 Å². The van der Waals surface area contributed by atoms with Crippen molar-refractivity contribution in [2.45, 2.75) is 25.2 Å². The van der Waals surface area contributed by atoms with Gasteiger partial charge in [0, 0.05) is 22.2 Å². The first-order valence-electron chi connectivity index (χ1n) is 6.34. The number of hydrogen-bond acceptors (Lipinski definition) is 5. The van der Waals surface area contributed by atoms with Gasteiger partial charge in [-0.1, -0.05) is 26.0 Å². The maximum Gasteiger partial charge on any atom is 0.161 e. The van der Waals surface area contributed by atoms with Gasteiger partial charge in [-0.05, 0) is 24.3 Å². The third-order valence-corrected chi connectivity index (χ3v) is 3.61. The van der Waals surface area contributed by atoms with E-state index in [0.29, 0.717) is 11.6 Å². The molecule has 1 heterocycles. The van der Waals surface area contributed by atoms with Gasteiger partial charge in [0.1, 0.15) is 5.82 Å². The predicted octanol–water partition coefficient (Wildman–Crippen LogP) is 3.10. The molecule has 0 fully saturated rings. The van der Waals surface area contributed by atoms with Crippen LogP contribution >= 0.6 is 11.8 Å². The van der Waals surface area contributed by atoms with Crippen molar-refractivity contribution in [1.82, 2.24) is 9.97 Å². The molecule has 0 saturated heterocycles. The van der Waals surface area contributed by atoms with Crippen molar-refractivity contribution >= 4 is 17.6 Å². The number of aromatic nitrogens is 2. The Kier molecular flexibility index (Phi) is 4.76. The summed E-state index contributed by atoms with van der Waals surface area (Å²) < 4.78 is 0. The van der Waals surface area contributed by atoms with Crippen LogP contribution in [0.25, 0.3) is 11.4 Å². The quantitative estimate of drug-likeness (QED) is 0.498. The van der Waals surface area contributed by atoms with Gasteiger partial charge in [-0.25, -0.2) is 15.8 Å². The summed E-state index contributed by atoms with van der Waals surface area (Å²) in [7, 11) is 0. The summed E-state index contributed by atoms with van der Waals surface area (Å²) in [5, 5.41) is 0. The second-order valence-corrected chi connectivity index (χ2v) is 5.36. The van der Waals surface area contributed by atoms with Gasteiger partial charge >= 0.3 is 0 Å². The summed E-state index contributed by atoms with van der Waals surface area (Å²) in [6, 6.07) is 10.2. The first kappa shape index (κ1) is 13.8. The highest BCUT2D eigenvalue weighted by molar-refractivity contribution is 7.99. The molecule has 0 aliphatic heterocycles. The molecule has 0 aliphatic rings. The molecular formula is C14H18N4S. The second-order valence-electron chi connectivity index (χ2n) is 4.02. The third kappa shape index (κ3) is 3.45. The average molecular weight is 274 g/mol. The molecule has 0 atom stereocenters. The number of nitrogens with zero attached hydrogens (tertiary/aromatic N) is 2. The largest absolute Gasteiger partial charge is 0.308 e. The summed E-state index contributed by atoms with van der Waals surface area (Å²) in [5.41, 5.74) is 4.57. The van der Waals surface area contributed by atoms with Crippen LogP contribution in [0.5, 0.6) is 0 Å². The second kappa shape index (κ2) is 6.54. The molecule has 100 valence electrons. The Labute approximate surface area is 117 Å². The first-order chi connectivity index (χ1) is 9.26. The first-order valence-corrected chi connectivity index (χ1v) is 7.33. The summed E-state index contributed by atoms with van der Waals surface area (Å²) in [6.07, 6.45) is 0.855. The number of nitrogen functional groups attached to an aromatic ring is 1. The highest BCUT2D eigenvalue weighted by atomic mass is 32.2. The lowest BCUT2D eigenvalue weighted by Crippen LogP contribution is -2.10. The van der Waals surface area contributed by atoms with E-state index in [1.54, 1.807) is 0 Å². The lowest BCUT2D eigenvalue weighted by atomic mass is 10.2. The molecule has 4 nitrogen and oxygen atoms in total. The fourth-order valence-electron chi connectivity index (χ4n) is 1.75. The smallest absolute Gasteiger partial charge is 0.161 e. The molecule has 1 aromatic heterocycles. The Morgan fingerprint density at radius 3 is 2.47 bits per heavy atom. The molecule has 2 rings (SSSR count). The lowest BCUT2D eigenvalue weighted by molar-refractivity contribution is 1.00. The van der Waals surface area contributed by atoms with Gasteiger partial charge in [-0.3, -0.25) is 0 Å². The summed E-state index contributed by atoms with van der Waals surface area (Å²) >= 11 is 1.82. The zero-order chi connectivity index (χ0) is 13.7. The molecule has 0 spiro atoms. The number of thioether (sulfide) groups is 1. The van der Waals surface area contributed by atoms with E-state index >= 15 is 0 Å². The van der Waals surface area contributed by atoms with Crippen LogP contribution in [0, 0.1) is 0 Å². The van der Waals surface area contributed by atoms with E-state index in [-0.39, 0.29) is 0 Å². The zero-order valence-electron chi connectivity index (χ0n) is 11.2. The average Bonchev–Trinajstić information content (AvgIpc) is 2.47. The van der Waals surface area contributed by atoms with Crippen molar-refractivity contribution in [3.05, 3.63) is 36.0 Å². The van der Waals surface area contributed by atoms with Gasteiger partial charge < -0.3 is 5.43 Å². The number of nitrogens with one attached hydrogen (secondary N) is 1. The van der Waals surface area contributed by atoms with Crippen molar-refractivity contribution in [3.8, 4) is 11.4 Å². The van der Waals surface area contributed by atoms with Gasteiger partial charge in [0.15, 0.2) is 5.82 Å². The number of benzene rings is 1. The van der Waals surface area contributed by atoms with Crippen LogP contribution in [0.15, 0.2) is 35.2 Å². The van der Waals surface area contributed by atoms with Crippen LogP contribution in [-0.4, -0.2) is 15.7 Å². The fraction of sp³-hybridized carbons (Fsp3) is 0.286. The molecule has 0 saturated carbocycles. The van der Waals surface area contributed by atoms with Crippen LogP contribution in [0.2, 0.25) is 0 Å². The molecule has 2 aromatic rings. The topological polar surface area (TPSA) is 63.8 Å². The van der Waals surface area contributed by atoms with Crippen molar-refractivity contribution < 1.29 is 0 Å². The van der Waals surface area contributed by atoms with E-state index in [1.165, 1.54) is 4.90 Å². The molecular weight excluding hydrogens is 256 g/mol. The molecule has 5 heteroatoms. The van der Waals surface area contributed by atoms with E-state index < -0.39 is 0 Å². The summed E-state index contributed by atoms with van der Waals surface area (Å²) in [5.74, 6) is 7.87. The normalized spacial score (nSPS) is 10.5. The van der Waals surface area contributed by atoms with E-state index in [2.05, 4.69) is 41.4 Å². The van der Waals surface area contributed by atoms with E-state index in [1.807, 2.05) is 30.0 Å². The minimum atomic E-state index is 0.647. The molecule has 1 aromatic carbocycles. The highest BCUT2D eigenvalue weighted by Crippen LogP contribution is 2.23. The lowest BCUT2D eigenvalue weighted by Gasteiger charge is -2.07. The summed E-state index contributed by atoms with van der Waals surface area (Å²) in [4.78, 5) is 10.2. The van der Waals surface area contributed by atoms with Crippen molar-refractivity contribution in [3.63, 3.8) is 0 Å². The van der Waals surface area contributed by atoms with Crippen LogP contribution in [0.4, 0.5) is 5.82 Å². The Morgan fingerprint density at radius 1 is 1.16 bits per heavy atom.